The molecule has 0 aliphatic heterocycles. The van der Waals surface area contributed by atoms with Crippen LogP contribution < -0.4 is 5.32 Å². The number of aliphatic hydroxyl groups is 1. The summed E-state index contributed by atoms with van der Waals surface area (Å²) in [4.78, 5) is 0. The van der Waals surface area contributed by atoms with E-state index >= 15 is 0 Å². The van der Waals surface area contributed by atoms with Crippen LogP contribution in [-0.4, -0.2) is 23.8 Å². The first kappa shape index (κ1) is 15.5. The molecule has 20 heavy (non-hydrogen) atoms. The lowest BCUT2D eigenvalue weighted by molar-refractivity contribution is 0.192. The zero-order valence-electron chi connectivity index (χ0n) is 12.9. The van der Waals surface area contributed by atoms with Crippen LogP contribution in [0.15, 0.2) is 30.3 Å². The van der Waals surface area contributed by atoms with Crippen molar-refractivity contribution in [3.8, 4) is 0 Å². The third-order valence-corrected chi connectivity index (χ3v) is 4.73. The fourth-order valence-corrected chi connectivity index (χ4v) is 3.36. The summed E-state index contributed by atoms with van der Waals surface area (Å²) < 4.78 is 0. The van der Waals surface area contributed by atoms with E-state index in [0.29, 0.717) is 6.04 Å². The summed E-state index contributed by atoms with van der Waals surface area (Å²) in [7, 11) is 0. The van der Waals surface area contributed by atoms with Gasteiger partial charge in [-0.1, -0.05) is 44.2 Å². The second-order valence-electron chi connectivity index (χ2n) is 6.59. The molecule has 2 heteroatoms. The zero-order valence-corrected chi connectivity index (χ0v) is 12.9. The van der Waals surface area contributed by atoms with Crippen molar-refractivity contribution < 1.29 is 5.11 Å². The molecule has 0 saturated heterocycles. The summed E-state index contributed by atoms with van der Waals surface area (Å²) in [6.45, 7) is 4.90. The van der Waals surface area contributed by atoms with Gasteiger partial charge in [0, 0.05) is 12.1 Å². The Balaban J connectivity index is 1.79. The number of hydrogen-bond donors (Lipinski definition) is 2. The van der Waals surface area contributed by atoms with Gasteiger partial charge in [0.2, 0.25) is 0 Å². The standard InChI is InChI=1S/C18H29NO/c1-14(2)16-8-10-17(11-9-16)19-18(13-20)12-15-6-4-3-5-7-15/h3-7,14,16-20H,8-13H2,1-2H3. The Morgan fingerprint density at radius 2 is 1.75 bits per heavy atom. The lowest BCUT2D eigenvalue weighted by Crippen LogP contribution is -2.44. The van der Waals surface area contributed by atoms with Crippen LogP contribution in [0.4, 0.5) is 0 Å². The minimum absolute atomic E-state index is 0.193. The van der Waals surface area contributed by atoms with Gasteiger partial charge in [0.25, 0.3) is 0 Å². The van der Waals surface area contributed by atoms with E-state index in [4.69, 9.17) is 0 Å². The smallest absolute Gasteiger partial charge is 0.0587 e. The van der Waals surface area contributed by atoms with Gasteiger partial charge in [-0.15, -0.1) is 0 Å². The third-order valence-electron chi connectivity index (χ3n) is 4.73. The molecule has 1 unspecified atom stereocenters. The van der Waals surface area contributed by atoms with E-state index in [-0.39, 0.29) is 12.6 Å². The van der Waals surface area contributed by atoms with Crippen LogP contribution in [-0.2, 0) is 6.42 Å². The number of aliphatic hydroxyl groups excluding tert-OH is 1. The first-order valence-electron chi connectivity index (χ1n) is 8.10. The van der Waals surface area contributed by atoms with Gasteiger partial charge in [-0.2, -0.15) is 0 Å². The first-order valence-corrected chi connectivity index (χ1v) is 8.10. The second-order valence-corrected chi connectivity index (χ2v) is 6.59. The maximum Gasteiger partial charge on any atom is 0.0587 e. The summed E-state index contributed by atoms with van der Waals surface area (Å²) in [5, 5.41) is 13.3. The molecule has 1 aliphatic rings. The van der Waals surface area contributed by atoms with Gasteiger partial charge in [0.15, 0.2) is 0 Å². The zero-order chi connectivity index (χ0) is 14.4. The van der Waals surface area contributed by atoms with Crippen LogP contribution >= 0.6 is 0 Å². The average Bonchev–Trinajstić information content (AvgIpc) is 2.48. The van der Waals surface area contributed by atoms with Crippen LogP contribution in [0.3, 0.4) is 0 Å². The molecule has 1 aliphatic carbocycles. The Morgan fingerprint density at radius 3 is 2.30 bits per heavy atom. The summed E-state index contributed by atoms with van der Waals surface area (Å²) in [5.74, 6) is 1.71. The lowest BCUT2D eigenvalue weighted by Gasteiger charge is -2.33. The van der Waals surface area contributed by atoms with Crippen molar-refractivity contribution in [3.05, 3.63) is 35.9 Å². The van der Waals surface area contributed by atoms with Crippen LogP contribution in [0.5, 0.6) is 0 Å². The van der Waals surface area contributed by atoms with Gasteiger partial charge in [-0.05, 0) is 49.5 Å². The van der Waals surface area contributed by atoms with E-state index in [1.54, 1.807) is 0 Å². The van der Waals surface area contributed by atoms with Crippen LogP contribution in [0.1, 0.15) is 45.1 Å². The Bertz CT molecular complexity index is 368. The molecule has 112 valence electrons. The first-order chi connectivity index (χ1) is 9.69. The maximum absolute atomic E-state index is 9.60. The number of hydrogen-bond acceptors (Lipinski definition) is 2. The number of rotatable bonds is 6. The van der Waals surface area contributed by atoms with Crippen molar-refractivity contribution >= 4 is 0 Å². The molecule has 1 saturated carbocycles. The molecular weight excluding hydrogens is 246 g/mol. The SMILES string of the molecule is CC(C)C1CCC(NC(CO)Cc2ccccc2)CC1. The molecule has 2 nitrogen and oxygen atoms in total. The minimum Gasteiger partial charge on any atom is -0.395 e. The molecule has 0 bridgehead atoms. The molecule has 1 aromatic rings. The highest BCUT2D eigenvalue weighted by Gasteiger charge is 2.24. The van der Waals surface area contributed by atoms with E-state index < -0.39 is 0 Å². The molecule has 0 spiro atoms. The fourth-order valence-electron chi connectivity index (χ4n) is 3.36. The number of nitrogens with one attached hydrogen (secondary N) is 1. The third kappa shape index (κ3) is 4.60. The largest absolute Gasteiger partial charge is 0.395 e. The van der Waals surface area contributed by atoms with Crippen LogP contribution in [0, 0.1) is 11.8 Å². The van der Waals surface area contributed by atoms with E-state index in [2.05, 4.69) is 43.4 Å². The highest BCUT2D eigenvalue weighted by molar-refractivity contribution is 5.16. The molecule has 1 fully saturated rings. The molecule has 1 atom stereocenters. The molecule has 2 N–H and O–H groups in total. The van der Waals surface area contributed by atoms with Gasteiger partial charge >= 0.3 is 0 Å². The highest BCUT2D eigenvalue weighted by Crippen LogP contribution is 2.30. The van der Waals surface area contributed by atoms with Crippen LogP contribution in [0.2, 0.25) is 0 Å². The van der Waals surface area contributed by atoms with Gasteiger partial charge in [0.05, 0.1) is 6.61 Å². The van der Waals surface area contributed by atoms with Gasteiger partial charge < -0.3 is 10.4 Å². The summed E-state index contributed by atoms with van der Waals surface area (Å²) in [6, 6.07) is 11.2. The van der Waals surface area contributed by atoms with Crippen molar-refractivity contribution in [2.75, 3.05) is 6.61 Å². The topological polar surface area (TPSA) is 32.3 Å². The Kier molecular flexibility index (Phi) is 6.06. The Hall–Kier alpha value is -0.860. The second kappa shape index (κ2) is 7.80. The van der Waals surface area contributed by atoms with Gasteiger partial charge in [-0.3, -0.25) is 0 Å². The van der Waals surface area contributed by atoms with Crippen LogP contribution in [0.25, 0.3) is 0 Å². The van der Waals surface area contributed by atoms with Crippen molar-refractivity contribution in [2.24, 2.45) is 11.8 Å². The molecule has 0 aromatic heterocycles. The van der Waals surface area contributed by atoms with Crippen molar-refractivity contribution in [1.82, 2.24) is 5.32 Å². The van der Waals surface area contributed by atoms with Gasteiger partial charge in [-0.25, -0.2) is 0 Å². The van der Waals surface area contributed by atoms with Crippen molar-refractivity contribution in [1.29, 1.82) is 0 Å². The minimum atomic E-state index is 0.193. The van der Waals surface area contributed by atoms with Crippen molar-refractivity contribution in [2.45, 2.75) is 58.0 Å². The number of benzene rings is 1. The average molecular weight is 275 g/mol. The fraction of sp³-hybridized carbons (Fsp3) is 0.667. The predicted molar refractivity (Wildman–Crippen MR) is 84.7 cm³/mol. The van der Waals surface area contributed by atoms with E-state index in [1.807, 2.05) is 6.07 Å². The van der Waals surface area contributed by atoms with E-state index in [0.717, 1.165) is 18.3 Å². The summed E-state index contributed by atoms with van der Waals surface area (Å²) in [6.07, 6.45) is 6.10. The normalized spacial score (nSPS) is 24.8. The predicted octanol–water partition coefficient (Wildman–Crippen LogP) is 3.39. The molecule has 1 aromatic carbocycles. The molecule has 0 amide bonds. The van der Waals surface area contributed by atoms with Gasteiger partial charge in [0.1, 0.15) is 0 Å². The van der Waals surface area contributed by atoms with Crippen molar-refractivity contribution in [3.63, 3.8) is 0 Å². The monoisotopic (exact) mass is 275 g/mol. The summed E-state index contributed by atoms with van der Waals surface area (Å²) >= 11 is 0. The molecule has 0 radical (unpaired) electrons. The summed E-state index contributed by atoms with van der Waals surface area (Å²) in [5.41, 5.74) is 1.30. The lowest BCUT2D eigenvalue weighted by atomic mass is 9.79. The molecular formula is C18H29NO. The van der Waals surface area contributed by atoms with E-state index in [1.165, 1.54) is 31.2 Å². The molecule has 2 rings (SSSR count). The Morgan fingerprint density at radius 1 is 1.10 bits per heavy atom. The Labute approximate surface area is 123 Å². The molecule has 0 heterocycles. The van der Waals surface area contributed by atoms with E-state index in [9.17, 15) is 5.11 Å². The highest BCUT2D eigenvalue weighted by atomic mass is 16.3. The quantitative estimate of drug-likeness (QED) is 0.834. The maximum atomic E-state index is 9.60.